The van der Waals surface area contributed by atoms with E-state index in [2.05, 4.69) is 0 Å². The number of methoxy groups -OCH3 is 1. The average Bonchev–Trinajstić information content (AvgIpc) is 2.53. The Kier molecular flexibility index (Phi) is 5.39. The number of carbonyl (C=O) groups excluding carboxylic acids is 1. The molecule has 0 saturated carbocycles. The molecule has 0 spiro atoms. The van der Waals surface area contributed by atoms with Crippen LogP contribution in [-0.4, -0.2) is 25.7 Å². The van der Waals surface area contributed by atoms with Crippen LogP contribution in [0.3, 0.4) is 0 Å². The molecule has 0 saturated heterocycles. The first-order chi connectivity index (χ1) is 10.9. The minimum absolute atomic E-state index is 0.00843. The van der Waals surface area contributed by atoms with Gasteiger partial charge in [-0.15, -0.1) is 0 Å². The number of sulfonamides is 1. The molecule has 0 aliphatic heterocycles. The Balaban J connectivity index is 2.21. The molecule has 0 atom stereocenters. The summed E-state index contributed by atoms with van der Waals surface area (Å²) in [5.74, 6) is -0.0316. The molecule has 0 aliphatic rings. The van der Waals surface area contributed by atoms with Gasteiger partial charge >= 0.3 is 0 Å². The Labute approximate surface area is 136 Å². The number of carbonyl (C=O) groups is 1. The maximum atomic E-state index is 12.5. The summed E-state index contributed by atoms with van der Waals surface area (Å²) in [6.45, 7) is 1.26. The first-order valence-corrected chi connectivity index (χ1v) is 8.71. The smallest absolute Gasteiger partial charge is 0.241 e. The molecule has 122 valence electrons. The van der Waals surface area contributed by atoms with Crippen molar-refractivity contribution in [3.63, 3.8) is 0 Å². The minimum Gasteiger partial charge on any atom is -0.497 e. The Hall–Kier alpha value is -2.34. The highest BCUT2D eigenvalue weighted by molar-refractivity contribution is 7.88. The molecule has 2 aromatic rings. The minimum atomic E-state index is -3.74. The third-order valence-corrected chi connectivity index (χ3v) is 5.12. The van der Waals surface area contributed by atoms with Crippen LogP contribution >= 0.6 is 0 Å². The number of benzene rings is 2. The Morgan fingerprint density at radius 1 is 1.00 bits per heavy atom. The zero-order valence-electron chi connectivity index (χ0n) is 13.1. The molecule has 0 heterocycles. The summed E-state index contributed by atoms with van der Waals surface area (Å²) in [6.07, 6.45) is 0. The zero-order valence-corrected chi connectivity index (χ0v) is 13.9. The van der Waals surface area contributed by atoms with Gasteiger partial charge in [0, 0.05) is 6.92 Å². The number of hydrogen-bond acceptors (Lipinski definition) is 4. The predicted molar refractivity (Wildman–Crippen MR) is 88.3 cm³/mol. The standard InChI is InChI=1S/C17H19NO4S/c1-14(19)18(12-15-8-10-17(22-2)11-9-15)23(20,21)13-16-6-4-3-5-7-16/h3-11H,12-13H2,1-2H3. The van der Waals surface area contributed by atoms with Gasteiger partial charge in [-0.25, -0.2) is 12.7 Å². The van der Waals surface area contributed by atoms with Gasteiger partial charge in [0.2, 0.25) is 15.9 Å². The van der Waals surface area contributed by atoms with Crippen molar-refractivity contribution in [3.05, 3.63) is 65.7 Å². The molecule has 0 fully saturated rings. The molecule has 5 nitrogen and oxygen atoms in total. The third-order valence-electron chi connectivity index (χ3n) is 3.36. The van der Waals surface area contributed by atoms with E-state index in [1.54, 1.807) is 55.6 Å². The van der Waals surface area contributed by atoms with E-state index in [1.165, 1.54) is 6.92 Å². The summed E-state index contributed by atoms with van der Waals surface area (Å²) in [5, 5.41) is 0. The van der Waals surface area contributed by atoms with Gasteiger partial charge in [0.25, 0.3) is 0 Å². The van der Waals surface area contributed by atoms with E-state index in [4.69, 9.17) is 4.74 Å². The number of ether oxygens (including phenoxy) is 1. The lowest BCUT2D eigenvalue weighted by Gasteiger charge is -2.21. The molecule has 2 aromatic carbocycles. The van der Waals surface area contributed by atoms with Crippen LogP contribution < -0.4 is 4.74 Å². The summed E-state index contributed by atoms with van der Waals surface area (Å²) in [4.78, 5) is 11.8. The van der Waals surface area contributed by atoms with Crippen molar-refractivity contribution in [3.8, 4) is 5.75 Å². The summed E-state index contributed by atoms with van der Waals surface area (Å²) in [7, 11) is -2.18. The first-order valence-electron chi connectivity index (χ1n) is 7.10. The van der Waals surface area contributed by atoms with Crippen LogP contribution in [0.1, 0.15) is 18.1 Å². The van der Waals surface area contributed by atoms with E-state index in [0.717, 1.165) is 9.87 Å². The van der Waals surface area contributed by atoms with Crippen molar-refractivity contribution in [1.82, 2.24) is 4.31 Å². The van der Waals surface area contributed by atoms with Gasteiger partial charge in [-0.3, -0.25) is 4.79 Å². The van der Waals surface area contributed by atoms with Crippen LogP contribution in [0.4, 0.5) is 0 Å². The molecule has 1 amide bonds. The SMILES string of the molecule is COc1ccc(CN(C(C)=O)S(=O)(=O)Cc2ccccc2)cc1. The van der Waals surface area contributed by atoms with Crippen LogP contribution in [0.2, 0.25) is 0 Å². The summed E-state index contributed by atoms with van der Waals surface area (Å²) in [5.41, 5.74) is 1.37. The molecule has 0 bridgehead atoms. The van der Waals surface area contributed by atoms with Crippen LogP contribution in [-0.2, 0) is 27.1 Å². The maximum Gasteiger partial charge on any atom is 0.241 e. The lowest BCUT2D eigenvalue weighted by atomic mass is 10.2. The molecular formula is C17H19NO4S. The fourth-order valence-electron chi connectivity index (χ4n) is 2.17. The quantitative estimate of drug-likeness (QED) is 0.815. The lowest BCUT2D eigenvalue weighted by molar-refractivity contribution is -0.124. The molecule has 0 radical (unpaired) electrons. The van der Waals surface area contributed by atoms with E-state index in [0.29, 0.717) is 11.3 Å². The van der Waals surface area contributed by atoms with Crippen molar-refractivity contribution in [1.29, 1.82) is 0 Å². The number of amides is 1. The molecule has 2 rings (SSSR count). The van der Waals surface area contributed by atoms with Gasteiger partial charge < -0.3 is 4.74 Å². The number of nitrogens with zero attached hydrogens (tertiary/aromatic N) is 1. The van der Waals surface area contributed by atoms with E-state index in [9.17, 15) is 13.2 Å². The second kappa shape index (κ2) is 7.28. The van der Waals surface area contributed by atoms with Crippen LogP contribution in [0.5, 0.6) is 5.75 Å². The highest BCUT2D eigenvalue weighted by Crippen LogP contribution is 2.17. The van der Waals surface area contributed by atoms with Gasteiger partial charge in [0.05, 0.1) is 19.4 Å². The molecule has 23 heavy (non-hydrogen) atoms. The van der Waals surface area contributed by atoms with Crippen molar-refractivity contribution >= 4 is 15.9 Å². The Morgan fingerprint density at radius 2 is 1.61 bits per heavy atom. The third kappa shape index (κ3) is 4.56. The fraction of sp³-hybridized carbons (Fsp3) is 0.235. The van der Waals surface area contributed by atoms with Crippen LogP contribution in [0, 0.1) is 0 Å². The van der Waals surface area contributed by atoms with Crippen molar-refractivity contribution in [2.75, 3.05) is 7.11 Å². The monoisotopic (exact) mass is 333 g/mol. The summed E-state index contributed by atoms with van der Waals surface area (Å²) >= 11 is 0. The van der Waals surface area contributed by atoms with Crippen LogP contribution in [0.25, 0.3) is 0 Å². The second-order valence-corrected chi connectivity index (χ2v) is 7.01. The normalized spacial score (nSPS) is 11.0. The van der Waals surface area contributed by atoms with Gasteiger partial charge in [0.15, 0.2) is 0 Å². The molecule has 0 aromatic heterocycles. The number of hydrogen-bond donors (Lipinski definition) is 0. The Morgan fingerprint density at radius 3 is 2.13 bits per heavy atom. The van der Waals surface area contributed by atoms with E-state index in [-0.39, 0.29) is 12.3 Å². The van der Waals surface area contributed by atoms with Gasteiger partial charge in [-0.05, 0) is 23.3 Å². The van der Waals surface area contributed by atoms with Crippen molar-refractivity contribution in [2.24, 2.45) is 0 Å². The topological polar surface area (TPSA) is 63.7 Å². The molecule has 6 heteroatoms. The molecular weight excluding hydrogens is 314 g/mol. The average molecular weight is 333 g/mol. The van der Waals surface area contributed by atoms with E-state index in [1.807, 2.05) is 6.07 Å². The maximum absolute atomic E-state index is 12.5. The first kappa shape index (κ1) is 17.0. The fourth-order valence-corrected chi connectivity index (χ4v) is 3.67. The lowest BCUT2D eigenvalue weighted by Crippen LogP contribution is -2.35. The van der Waals surface area contributed by atoms with Crippen molar-refractivity contribution in [2.45, 2.75) is 19.2 Å². The predicted octanol–water partition coefficient (Wildman–Crippen LogP) is 2.57. The van der Waals surface area contributed by atoms with Gasteiger partial charge in [-0.1, -0.05) is 42.5 Å². The second-order valence-electron chi connectivity index (χ2n) is 5.12. The van der Waals surface area contributed by atoms with Gasteiger partial charge in [-0.2, -0.15) is 0 Å². The van der Waals surface area contributed by atoms with E-state index < -0.39 is 15.9 Å². The van der Waals surface area contributed by atoms with Crippen LogP contribution in [0.15, 0.2) is 54.6 Å². The largest absolute Gasteiger partial charge is 0.497 e. The van der Waals surface area contributed by atoms with E-state index >= 15 is 0 Å². The molecule has 0 unspecified atom stereocenters. The number of rotatable bonds is 6. The summed E-state index contributed by atoms with van der Waals surface area (Å²) < 4.78 is 31.1. The Bertz CT molecular complexity index is 755. The summed E-state index contributed by atoms with van der Waals surface area (Å²) in [6, 6.07) is 15.8. The molecule has 0 N–H and O–H groups in total. The molecule has 0 aliphatic carbocycles. The highest BCUT2D eigenvalue weighted by atomic mass is 32.2. The van der Waals surface area contributed by atoms with Gasteiger partial charge in [0.1, 0.15) is 5.75 Å². The highest BCUT2D eigenvalue weighted by Gasteiger charge is 2.25. The van der Waals surface area contributed by atoms with Crippen molar-refractivity contribution < 1.29 is 17.9 Å². The zero-order chi connectivity index (χ0) is 16.9.